The fourth-order valence-corrected chi connectivity index (χ4v) is 2.16. The van der Waals surface area contributed by atoms with Gasteiger partial charge in [0, 0.05) is 11.6 Å². The van der Waals surface area contributed by atoms with Crippen LogP contribution < -0.4 is 0 Å². The predicted molar refractivity (Wildman–Crippen MR) is 52.4 cm³/mol. The van der Waals surface area contributed by atoms with Gasteiger partial charge >= 0.3 is 0 Å². The Bertz CT molecular complexity index is 419. The Morgan fingerprint density at radius 1 is 1.54 bits per heavy atom. The van der Waals surface area contributed by atoms with Gasteiger partial charge in [-0.05, 0) is 24.5 Å². The van der Waals surface area contributed by atoms with E-state index in [-0.39, 0.29) is 5.78 Å². The van der Waals surface area contributed by atoms with Crippen LogP contribution in [0.3, 0.4) is 0 Å². The molecule has 0 atom stereocenters. The summed E-state index contributed by atoms with van der Waals surface area (Å²) in [6, 6.07) is 1.72. The number of hydrogen-bond donors (Lipinski definition) is 0. The molecule has 2 aromatic rings. The average Bonchev–Trinajstić information content (AvgIpc) is 2.72. The van der Waals surface area contributed by atoms with E-state index in [1.54, 1.807) is 17.6 Å². The molecule has 0 aliphatic heterocycles. The van der Waals surface area contributed by atoms with Crippen LogP contribution in [0.2, 0.25) is 0 Å². The first-order valence-electron chi connectivity index (χ1n) is 3.65. The highest BCUT2D eigenvalue weighted by Crippen LogP contribution is 2.16. The number of carbonyl (C=O) groups excluding carboxylic acids is 1. The molecule has 0 aromatic carbocycles. The highest BCUT2D eigenvalue weighted by atomic mass is 32.1. The van der Waals surface area contributed by atoms with E-state index in [2.05, 4.69) is 9.36 Å². The summed E-state index contributed by atoms with van der Waals surface area (Å²) in [5, 5.41) is 2.69. The summed E-state index contributed by atoms with van der Waals surface area (Å²) in [5.74, 6) is -0.0353. The first kappa shape index (κ1) is 8.52. The van der Waals surface area contributed by atoms with Crippen molar-refractivity contribution in [2.24, 2.45) is 0 Å². The Morgan fingerprint density at radius 3 is 2.92 bits per heavy atom. The van der Waals surface area contributed by atoms with Crippen molar-refractivity contribution < 1.29 is 4.79 Å². The van der Waals surface area contributed by atoms with Crippen molar-refractivity contribution in [2.45, 2.75) is 6.92 Å². The number of aryl methyl sites for hydroxylation is 1. The molecule has 0 aliphatic rings. The predicted octanol–water partition coefficient (Wildman–Crippen LogP) is 2.14. The molecule has 0 fully saturated rings. The molecule has 13 heavy (non-hydrogen) atoms. The molecule has 0 radical (unpaired) electrons. The monoisotopic (exact) mass is 210 g/mol. The summed E-state index contributed by atoms with van der Waals surface area (Å²) < 4.78 is 3.97. The first-order chi connectivity index (χ1) is 6.27. The van der Waals surface area contributed by atoms with Crippen LogP contribution in [-0.4, -0.2) is 15.1 Å². The standard InChI is InChI=1S/C8H6N2OS2/c1-5-9-4-7(13-5)8(11)6-2-3-12-10-6/h2-4H,1H3. The summed E-state index contributed by atoms with van der Waals surface area (Å²) in [5.41, 5.74) is 0.508. The molecule has 0 saturated heterocycles. The quantitative estimate of drug-likeness (QED) is 0.713. The molecule has 66 valence electrons. The minimum absolute atomic E-state index is 0.0353. The molecule has 0 spiro atoms. The molecule has 3 nitrogen and oxygen atoms in total. The van der Waals surface area contributed by atoms with Gasteiger partial charge in [0.1, 0.15) is 5.69 Å². The second-order valence-corrected chi connectivity index (χ2v) is 4.36. The van der Waals surface area contributed by atoms with Gasteiger partial charge in [-0.3, -0.25) is 4.79 Å². The van der Waals surface area contributed by atoms with Crippen molar-refractivity contribution in [1.82, 2.24) is 9.36 Å². The summed E-state index contributed by atoms with van der Waals surface area (Å²) in [6.45, 7) is 1.88. The molecule has 0 bridgehead atoms. The van der Waals surface area contributed by atoms with Crippen molar-refractivity contribution in [3.8, 4) is 0 Å². The van der Waals surface area contributed by atoms with Gasteiger partial charge < -0.3 is 0 Å². The van der Waals surface area contributed by atoms with Crippen LogP contribution in [0.5, 0.6) is 0 Å². The molecule has 0 amide bonds. The summed E-state index contributed by atoms with van der Waals surface area (Å²) in [7, 11) is 0. The van der Waals surface area contributed by atoms with Crippen LogP contribution >= 0.6 is 22.9 Å². The van der Waals surface area contributed by atoms with E-state index < -0.39 is 0 Å². The fraction of sp³-hybridized carbons (Fsp3) is 0.125. The number of carbonyl (C=O) groups is 1. The van der Waals surface area contributed by atoms with E-state index in [9.17, 15) is 4.79 Å². The lowest BCUT2D eigenvalue weighted by atomic mass is 10.3. The van der Waals surface area contributed by atoms with Crippen LogP contribution in [0.4, 0.5) is 0 Å². The van der Waals surface area contributed by atoms with E-state index in [0.29, 0.717) is 10.6 Å². The normalized spacial score (nSPS) is 10.2. The van der Waals surface area contributed by atoms with Gasteiger partial charge in [-0.25, -0.2) is 4.98 Å². The molecule has 2 rings (SSSR count). The van der Waals surface area contributed by atoms with Crippen molar-refractivity contribution >= 4 is 28.7 Å². The van der Waals surface area contributed by atoms with Crippen LogP contribution in [-0.2, 0) is 0 Å². The Morgan fingerprint density at radius 2 is 2.38 bits per heavy atom. The molecule has 0 N–H and O–H groups in total. The molecule has 0 saturated carbocycles. The Balaban J connectivity index is 2.33. The third-order valence-corrected chi connectivity index (χ3v) is 2.99. The lowest BCUT2D eigenvalue weighted by Gasteiger charge is -1.88. The highest BCUT2D eigenvalue weighted by Gasteiger charge is 2.13. The fourth-order valence-electron chi connectivity index (χ4n) is 0.922. The summed E-state index contributed by atoms with van der Waals surface area (Å²) >= 11 is 2.68. The minimum Gasteiger partial charge on any atom is -0.286 e. The average molecular weight is 210 g/mol. The van der Waals surface area contributed by atoms with Gasteiger partial charge in [-0.1, -0.05) is 0 Å². The third kappa shape index (κ3) is 1.66. The molecular formula is C8H6N2OS2. The number of thiazole rings is 1. The molecular weight excluding hydrogens is 204 g/mol. The van der Waals surface area contributed by atoms with Crippen LogP contribution in [0, 0.1) is 6.92 Å². The molecule has 0 aliphatic carbocycles. The number of aromatic nitrogens is 2. The van der Waals surface area contributed by atoms with E-state index >= 15 is 0 Å². The van der Waals surface area contributed by atoms with Crippen molar-refractivity contribution in [1.29, 1.82) is 0 Å². The van der Waals surface area contributed by atoms with Gasteiger partial charge in [-0.15, -0.1) is 11.3 Å². The first-order valence-corrected chi connectivity index (χ1v) is 5.30. The van der Waals surface area contributed by atoms with Gasteiger partial charge in [0.15, 0.2) is 0 Å². The van der Waals surface area contributed by atoms with Gasteiger partial charge in [0.05, 0.1) is 9.88 Å². The van der Waals surface area contributed by atoms with Crippen LogP contribution in [0.25, 0.3) is 0 Å². The third-order valence-electron chi connectivity index (χ3n) is 1.52. The van der Waals surface area contributed by atoms with Crippen LogP contribution in [0.15, 0.2) is 17.6 Å². The maximum Gasteiger partial charge on any atom is 0.223 e. The second-order valence-electron chi connectivity index (χ2n) is 2.46. The van der Waals surface area contributed by atoms with E-state index in [1.807, 2.05) is 6.92 Å². The van der Waals surface area contributed by atoms with E-state index in [1.165, 1.54) is 22.9 Å². The molecule has 0 unspecified atom stereocenters. The number of rotatable bonds is 2. The van der Waals surface area contributed by atoms with Crippen LogP contribution in [0.1, 0.15) is 20.4 Å². The van der Waals surface area contributed by atoms with Crippen molar-refractivity contribution in [3.63, 3.8) is 0 Å². The summed E-state index contributed by atoms with van der Waals surface area (Å²) in [4.78, 5) is 16.3. The Labute approximate surface area is 83.2 Å². The van der Waals surface area contributed by atoms with E-state index in [4.69, 9.17) is 0 Å². The summed E-state index contributed by atoms with van der Waals surface area (Å²) in [6.07, 6.45) is 1.60. The lowest BCUT2D eigenvalue weighted by Crippen LogP contribution is -1.97. The molecule has 2 heterocycles. The van der Waals surface area contributed by atoms with Gasteiger partial charge in [-0.2, -0.15) is 4.37 Å². The Hall–Kier alpha value is -1.07. The molecule has 5 heteroatoms. The zero-order valence-corrected chi connectivity index (χ0v) is 8.48. The minimum atomic E-state index is -0.0353. The van der Waals surface area contributed by atoms with Gasteiger partial charge in [0.25, 0.3) is 0 Å². The lowest BCUT2D eigenvalue weighted by molar-refractivity contribution is 0.103. The number of ketones is 1. The highest BCUT2D eigenvalue weighted by molar-refractivity contribution is 7.13. The Kier molecular flexibility index (Phi) is 2.20. The van der Waals surface area contributed by atoms with Gasteiger partial charge in [0.2, 0.25) is 5.78 Å². The largest absolute Gasteiger partial charge is 0.286 e. The smallest absolute Gasteiger partial charge is 0.223 e. The zero-order chi connectivity index (χ0) is 9.26. The number of hydrogen-bond acceptors (Lipinski definition) is 5. The van der Waals surface area contributed by atoms with Crippen molar-refractivity contribution in [2.75, 3.05) is 0 Å². The topological polar surface area (TPSA) is 42.9 Å². The second kappa shape index (κ2) is 3.35. The number of nitrogens with zero attached hydrogens (tertiary/aromatic N) is 2. The zero-order valence-electron chi connectivity index (χ0n) is 6.85. The maximum atomic E-state index is 11.6. The SMILES string of the molecule is Cc1ncc(C(=O)c2ccsn2)s1. The maximum absolute atomic E-state index is 11.6. The molecule has 2 aromatic heterocycles. The van der Waals surface area contributed by atoms with Crippen molar-refractivity contribution in [3.05, 3.63) is 33.2 Å². The van der Waals surface area contributed by atoms with E-state index in [0.717, 1.165) is 5.01 Å².